The highest BCUT2D eigenvalue weighted by atomic mass is 16.5. The minimum absolute atomic E-state index is 0.204. The fourth-order valence-electron chi connectivity index (χ4n) is 2.15. The van der Waals surface area contributed by atoms with Gasteiger partial charge in [-0.25, -0.2) is 4.79 Å². The molecule has 2 rings (SSSR count). The molecule has 1 aromatic rings. The fourth-order valence-corrected chi connectivity index (χ4v) is 2.15. The van der Waals surface area contributed by atoms with E-state index in [2.05, 4.69) is 10.6 Å². The second-order valence-electron chi connectivity index (χ2n) is 4.60. The number of esters is 1. The van der Waals surface area contributed by atoms with Crippen LogP contribution in [0, 0.1) is 5.92 Å². The van der Waals surface area contributed by atoms with E-state index in [0.717, 1.165) is 5.56 Å². The van der Waals surface area contributed by atoms with Crippen molar-refractivity contribution in [1.29, 1.82) is 0 Å². The molecule has 1 amide bonds. The van der Waals surface area contributed by atoms with Crippen LogP contribution in [0.5, 0.6) is 0 Å². The van der Waals surface area contributed by atoms with Crippen LogP contribution >= 0.6 is 0 Å². The topological polar surface area (TPSA) is 76.7 Å². The van der Waals surface area contributed by atoms with Gasteiger partial charge in [0.05, 0.1) is 19.1 Å². The maximum Gasteiger partial charge on any atom is 0.407 e. The first kappa shape index (κ1) is 14.3. The summed E-state index contributed by atoms with van der Waals surface area (Å²) in [5.41, 5.74) is 0.914. The number of carbonyl (C=O) groups is 2. The van der Waals surface area contributed by atoms with Crippen molar-refractivity contribution in [2.24, 2.45) is 5.92 Å². The molecule has 0 saturated carbocycles. The monoisotopic (exact) mass is 278 g/mol. The van der Waals surface area contributed by atoms with Gasteiger partial charge < -0.3 is 20.1 Å². The van der Waals surface area contributed by atoms with Gasteiger partial charge in [0.15, 0.2) is 0 Å². The van der Waals surface area contributed by atoms with Gasteiger partial charge in [0.2, 0.25) is 0 Å². The van der Waals surface area contributed by atoms with Gasteiger partial charge >= 0.3 is 12.1 Å². The molecule has 108 valence electrons. The lowest BCUT2D eigenvalue weighted by Gasteiger charge is -2.17. The Hall–Kier alpha value is -2.08. The maximum atomic E-state index is 11.7. The molecule has 20 heavy (non-hydrogen) atoms. The number of hydrogen-bond acceptors (Lipinski definition) is 5. The largest absolute Gasteiger partial charge is 0.469 e. The molecule has 2 N–H and O–H groups in total. The molecule has 0 spiro atoms. The van der Waals surface area contributed by atoms with E-state index in [9.17, 15) is 9.59 Å². The lowest BCUT2D eigenvalue weighted by atomic mass is 10.0. The number of ether oxygens (including phenoxy) is 2. The molecule has 1 aromatic carbocycles. The SMILES string of the molecule is COC(=O)[C@H]1CNC[C@@H]1NC(=O)OCc1ccccc1. The van der Waals surface area contributed by atoms with E-state index in [1.807, 2.05) is 30.3 Å². The average Bonchev–Trinajstić information content (AvgIpc) is 2.93. The Kier molecular flexibility index (Phi) is 4.95. The van der Waals surface area contributed by atoms with Crippen LogP contribution in [-0.2, 0) is 20.9 Å². The summed E-state index contributed by atoms with van der Waals surface area (Å²) in [6.45, 7) is 1.23. The number of amides is 1. The van der Waals surface area contributed by atoms with Gasteiger partial charge in [-0.05, 0) is 5.56 Å². The van der Waals surface area contributed by atoms with E-state index in [1.54, 1.807) is 0 Å². The van der Waals surface area contributed by atoms with Crippen LogP contribution in [0.1, 0.15) is 5.56 Å². The Bertz CT molecular complexity index is 464. The van der Waals surface area contributed by atoms with Crippen molar-refractivity contribution in [3.63, 3.8) is 0 Å². The lowest BCUT2D eigenvalue weighted by molar-refractivity contribution is -0.145. The standard InChI is InChI=1S/C14H18N2O4/c1-19-13(17)11-7-15-8-12(11)16-14(18)20-9-10-5-3-2-4-6-10/h2-6,11-12,15H,7-9H2,1H3,(H,16,18)/t11-,12-/m0/s1. The maximum absolute atomic E-state index is 11.7. The molecule has 2 atom stereocenters. The number of nitrogens with one attached hydrogen (secondary N) is 2. The van der Waals surface area contributed by atoms with Gasteiger partial charge in [-0.1, -0.05) is 30.3 Å². The van der Waals surface area contributed by atoms with E-state index in [1.165, 1.54) is 7.11 Å². The summed E-state index contributed by atoms with van der Waals surface area (Å²) in [7, 11) is 1.34. The molecule has 0 aliphatic carbocycles. The predicted octanol–water partition coefficient (Wildman–Crippen LogP) is 0.674. The van der Waals surface area contributed by atoms with Gasteiger partial charge in [-0.15, -0.1) is 0 Å². The first-order valence-corrected chi connectivity index (χ1v) is 6.46. The highest BCUT2D eigenvalue weighted by molar-refractivity contribution is 5.76. The zero-order chi connectivity index (χ0) is 14.4. The zero-order valence-corrected chi connectivity index (χ0v) is 11.3. The summed E-state index contributed by atoms with van der Waals surface area (Å²) >= 11 is 0. The molecule has 1 heterocycles. The summed E-state index contributed by atoms with van der Waals surface area (Å²) in [6.07, 6.45) is -0.531. The van der Waals surface area contributed by atoms with E-state index in [-0.39, 0.29) is 24.5 Å². The van der Waals surface area contributed by atoms with Crippen molar-refractivity contribution in [3.8, 4) is 0 Å². The van der Waals surface area contributed by atoms with Crippen LogP contribution in [0.2, 0.25) is 0 Å². The first-order valence-electron chi connectivity index (χ1n) is 6.46. The normalized spacial score (nSPS) is 21.2. The molecule has 6 nitrogen and oxygen atoms in total. The zero-order valence-electron chi connectivity index (χ0n) is 11.3. The van der Waals surface area contributed by atoms with E-state index in [4.69, 9.17) is 9.47 Å². The van der Waals surface area contributed by atoms with Crippen molar-refractivity contribution in [1.82, 2.24) is 10.6 Å². The van der Waals surface area contributed by atoms with Gasteiger partial charge in [-0.2, -0.15) is 0 Å². The molecule has 0 aromatic heterocycles. The first-order chi connectivity index (χ1) is 9.70. The van der Waals surface area contributed by atoms with Crippen molar-refractivity contribution >= 4 is 12.1 Å². The van der Waals surface area contributed by atoms with Gasteiger partial charge in [-0.3, -0.25) is 4.79 Å². The quantitative estimate of drug-likeness (QED) is 0.792. The number of methoxy groups -OCH3 is 1. The van der Waals surface area contributed by atoms with Crippen LogP contribution in [-0.4, -0.2) is 38.3 Å². The van der Waals surface area contributed by atoms with Crippen LogP contribution in [0.3, 0.4) is 0 Å². The van der Waals surface area contributed by atoms with Gasteiger partial charge in [0.25, 0.3) is 0 Å². The molecule has 1 fully saturated rings. The van der Waals surface area contributed by atoms with Crippen LogP contribution < -0.4 is 10.6 Å². The summed E-state index contributed by atoms with van der Waals surface area (Å²) in [5, 5.41) is 5.74. The Morgan fingerprint density at radius 1 is 1.30 bits per heavy atom. The highest BCUT2D eigenvalue weighted by Gasteiger charge is 2.35. The third-order valence-electron chi connectivity index (χ3n) is 3.23. The molecule has 1 aliphatic heterocycles. The van der Waals surface area contributed by atoms with Crippen LogP contribution in [0.4, 0.5) is 4.79 Å². The smallest absolute Gasteiger partial charge is 0.407 e. The summed E-state index contributed by atoms with van der Waals surface area (Å²) in [6, 6.07) is 9.11. The van der Waals surface area contributed by atoms with Gasteiger partial charge in [0, 0.05) is 13.1 Å². The van der Waals surface area contributed by atoms with Crippen molar-refractivity contribution in [2.75, 3.05) is 20.2 Å². The van der Waals surface area contributed by atoms with Crippen molar-refractivity contribution in [2.45, 2.75) is 12.6 Å². The summed E-state index contributed by atoms with van der Waals surface area (Å²) in [5.74, 6) is -0.701. The average molecular weight is 278 g/mol. The van der Waals surface area contributed by atoms with Gasteiger partial charge in [0.1, 0.15) is 6.61 Å². The second kappa shape index (κ2) is 6.91. The fraction of sp³-hybridized carbons (Fsp3) is 0.429. The van der Waals surface area contributed by atoms with E-state index < -0.39 is 6.09 Å². The van der Waals surface area contributed by atoms with Crippen molar-refractivity contribution in [3.05, 3.63) is 35.9 Å². The van der Waals surface area contributed by atoms with Crippen LogP contribution in [0.25, 0.3) is 0 Å². The third kappa shape index (κ3) is 3.71. The lowest BCUT2D eigenvalue weighted by Crippen LogP contribution is -2.43. The number of benzene rings is 1. The highest BCUT2D eigenvalue weighted by Crippen LogP contribution is 2.11. The number of carbonyl (C=O) groups excluding carboxylic acids is 2. The van der Waals surface area contributed by atoms with E-state index in [0.29, 0.717) is 13.1 Å². The van der Waals surface area contributed by atoms with Crippen LogP contribution in [0.15, 0.2) is 30.3 Å². The third-order valence-corrected chi connectivity index (χ3v) is 3.23. The Morgan fingerprint density at radius 2 is 2.05 bits per heavy atom. The second-order valence-corrected chi connectivity index (χ2v) is 4.60. The molecule has 1 saturated heterocycles. The van der Waals surface area contributed by atoms with Crippen molar-refractivity contribution < 1.29 is 19.1 Å². The summed E-state index contributed by atoms with van der Waals surface area (Å²) in [4.78, 5) is 23.2. The number of rotatable bonds is 4. The Balaban J connectivity index is 1.80. The Labute approximate surface area is 117 Å². The minimum atomic E-state index is -0.531. The molecule has 0 bridgehead atoms. The summed E-state index contributed by atoms with van der Waals surface area (Å²) < 4.78 is 9.83. The molecule has 0 unspecified atom stereocenters. The minimum Gasteiger partial charge on any atom is -0.469 e. The molecule has 1 aliphatic rings. The molecular weight excluding hydrogens is 260 g/mol. The number of alkyl carbamates (subject to hydrolysis) is 1. The predicted molar refractivity (Wildman–Crippen MR) is 71.9 cm³/mol. The molecule has 0 radical (unpaired) electrons. The van der Waals surface area contributed by atoms with E-state index >= 15 is 0 Å². The molecular formula is C14H18N2O4. The Morgan fingerprint density at radius 3 is 2.75 bits per heavy atom. The molecule has 6 heteroatoms. The number of hydrogen-bond donors (Lipinski definition) is 2.